The molecule has 0 aromatic carbocycles. The molecule has 1 rings (SSSR count). The van der Waals surface area contributed by atoms with Crippen LogP contribution in [0.15, 0.2) is 12.7 Å². The van der Waals surface area contributed by atoms with Crippen molar-refractivity contribution in [2.45, 2.75) is 57.2 Å². The quantitative estimate of drug-likeness (QED) is 0.577. The molecule has 1 saturated carbocycles. The zero-order valence-electron chi connectivity index (χ0n) is 10.2. The lowest BCUT2D eigenvalue weighted by Gasteiger charge is -2.33. The third kappa shape index (κ3) is 4.70. The summed E-state index contributed by atoms with van der Waals surface area (Å²) in [5, 5.41) is 0. The van der Waals surface area contributed by atoms with Gasteiger partial charge in [0.1, 0.15) is 0 Å². The van der Waals surface area contributed by atoms with Crippen LogP contribution in [0.25, 0.3) is 0 Å². The highest BCUT2D eigenvalue weighted by molar-refractivity contribution is 4.83. The maximum Gasteiger partial charge on any atom is 0.391 e. The van der Waals surface area contributed by atoms with Gasteiger partial charge in [0, 0.05) is 6.04 Å². The van der Waals surface area contributed by atoms with Gasteiger partial charge in [-0.05, 0) is 50.9 Å². The van der Waals surface area contributed by atoms with E-state index in [0.717, 1.165) is 19.3 Å². The number of hydrogen-bond donors (Lipinski definition) is 1. The highest BCUT2D eigenvalue weighted by atomic mass is 19.4. The van der Waals surface area contributed by atoms with Crippen molar-refractivity contribution in [3.63, 3.8) is 0 Å². The van der Waals surface area contributed by atoms with E-state index in [-0.39, 0.29) is 24.8 Å². The molecule has 100 valence electrons. The summed E-state index contributed by atoms with van der Waals surface area (Å²) < 4.78 is 37.4. The lowest BCUT2D eigenvalue weighted by molar-refractivity contribution is -0.184. The zero-order chi connectivity index (χ0) is 12.9. The molecule has 2 N–H and O–H groups in total. The van der Waals surface area contributed by atoms with Crippen molar-refractivity contribution in [1.29, 1.82) is 0 Å². The third-order valence-electron chi connectivity index (χ3n) is 3.79. The van der Waals surface area contributed by atoms with Crippen LogP contribution < -0.4 is 5.73 Å². The zero-order valence-corrected chi connectivity index (χ0v) is 10.2. The first-order chi connectivity index (χ1) is 7.95. The molecule has 1 unspecified atom stereocenters. The Morgan fingerprint density at radius 3 is 2.29 bits per heavy atom. The van der Waals surface area contributed by atoms with Crippen molar-refractivity contribution in [1.82, 2.24) is 0 Å². The fraction of sp³-hybridized carbons (Fsp3) is 0.846. The van der Waals surface area contributed by atoms with Gasteiger partial charge in [0.25, 0.3) is 0 Å². The van der Waals surface area contributed by atoms with Crippen molar-refractivity contribution in [2.24, 2.45) is 17.6 Å². The SMILES string of the molecule is C=CCCCC(N)C1CCC(C(F)(F)F)CC1. The molecule has 1 aliphatic rings. The Kier molecular flexibility index (Phi) is 5.50. The molecule has 0 heterocycles. The van der Waals surface area contributed by atoms with E-state index in [1.165, 1.54) is 0 Å². The molecule has 0 bridgehead atoms. The summed E-state index contributed by atoms with van der Waals surface area (Å²) in [6.45, 7) is 3.64. The number of alkyl halides is 3. The van der Waals surface area contributed by atoms with Crippen LogP contribution in [0.4, 0.5) is 13.2 Å². The first-order valence-corrected chi connectivity index (χ1v) is 6.38. The van der Waals surface area contributed by atoms with Crippen LogP contribution in [-0.2, 0) is 0 Å². The molecule has 1 nitrogen and oxygen atoms in total. The molecule has 1 fully saturated rings. The van der Waals surface area contributed by atoms with Crippen molar-refractivity contribution in [3.05, 3.63) is 12.7 Å². The van der Waals surface area contributed by atoms with Gasteiger partial charge in [-0.3, -0.25) is 0 Å². The monoisotopic (exact) mass is 249 g/mol. The predicted molar refractivity (Wildman–Crippen MR) is 63.5 cm³/mol. The van der Waals surface area contributed by atoms with Gasteiger partial charge in [0.05, 0.1) is 5.92 Å². The number of rotatable bonds is 5. The highest BCUT2D eigenvalue weighted by Crippen LogP contribution is 2.40. The smallest absolute Gasteiger partial charge is 0.327 e. The van der Waals surface area contributed by atoms with Gasteiger partial charge >= 0.3 is 6.18 Å². The van der Waals surface area contributed by atoms with E-state index >= 15 is 0 Å². The number of hydrogen-bond acceptors (Lipinski definition) is 1. The second kappa shape index (κ2) is 6.43. The molecule has 4 heteroatoms. The second-order valence-corrected chi connectivity index (χ2v) is 5.04. The molecule has 1 aliphatic carbocycles. The van der Waals surface area contributed by atoms with Crippen LogP contribution in [0, 0.1) is 11.8 Å². The van der Waals surface area contributed by atoms with Gasteiger partial charge < -0.3 is 5.73 Å². The van der Waals surface area contributed by atoms with E-state index < -0.39 is 12.1 Å². The van der Waals surface area contributed by atoms with Crippen LogP contribution in [0.2, 0.25) is 0 Å². The molecule has 17 heavy (non-hydrogen) atoms. The Balaban J connectivity index is 2.28. The van der Waals surface area contributed by atoms with Gasteiger partial charge in [-0.25, -0.2) is 0 Å². The van der Waals surface area contributed by atoms with Crippen molar-refractivity contribution in [3.8, 4) is 0 Å². The van der Waals surface area contributed by atoms with Gasteiger partial charge in [-0.2, -0.15) is 13.2 Å². The Hall–Kier alpha value is -0.510. The first-order valence-electron chi connectivity index (χ1n) is 6.38. The minimum Gasteiger partial charge on any atom is -0.327 e. The minimum absolute atomic E-state index is 0.0594. The summed E-state index contributed by atoms with van der Waals surface area (Å²) in [5.74, 6) is -0.822. The number of allylic oxidation sites excluding steroid dienone is 1. The fourth-order valence-corrected chi connectivity index (χ4v) is 2.61. The molecular weight excluding hydrogens is 227 g/mol. The van der Waals surface area contributed by atoms with E-state index in [9.17, 15) is 13.2 Å². The van der Waals surface area contributed by atoms with E-state index in [1.54, 1.807) is 0 Å². The molecule has 0 amide bonds. The molecule has 0 aromatic rings. The summed E-state index contributed by atoms with van der Waals surface area (Å²) in [6, 6.07) is 0.0594. The molecule has 0 aromatic heterocycles. The molecule has 0 radical (unpaired) electrons. The van der Waals surface area contributed by atoms with Crippen molar-refractivity contribution >= 4 is 0 Å². The van der Waals surface area contributed by atoms with Gasteiger partial charge in [0.2, 0.25) is 0 Å². The second-order valence-electron chi connectivity index (χ2n) is 5.04. The Morgan fingerprint density at radius 2 is 1.82 bits per heavy atom. The predicted octanol–water partition coefficient (Wildman–Crippen LogP) is 4.04. The summed E-state index contributed by atoms with van der Waals surface area (Å²) >= 11 is 0. The van der Waals surface area contributed by atoms with E-state index in [2.05, 4.69) is 6.58 Å². The van der Waals surface area contributed by atoms with Crippen LogP contribution in [0.1, 0.15) is 44.9 Å². The maximum atomic E-state index is 12.5. The topological polar surface area (TPSA) is 26.0 Å². The standard InChI is InChI=1S/C13H22F3N/c1-2-3-4-5-12(17)10-6-8-11(9-7-10)13(14,15)16/h2,10-12H,1,3-9,17H2. The Labute approximate surface area is 101 Å². The van der Waals surface area contributed by atoms with Crippen LogP contribution >= 0.6 is 0 Å². The molecule has 0 spiro atoms. The molecule has 0 aliphatic heterocycles. The van der Waals surface area contributed by atoms with E-state index in [0.29, 0.717) is 12.8 Å². The minimum atomic E-state index is -4.02. The summed E-state index contributed by atoms with van der Waals surface area (Å²) in [7, 11) is 0. The summed E-state index contributed by atoms with van der Waals surface area (Å²) in [5.41, 5.74) is 6.03. The number of nitrogens with two attached hydrogens (primary N) is 1. The molecule has 0 saturated heterocycles. The average Bonchev–Trinajstić information content (AvgIpc) is 2.28. The number of halogens is 3. The lowest BCUT2D eigenvalue weighted by atomic mass is 9.77. The normalized spacial score (nSPS) is 27.8. The van der Waals surface area contributed by atoms with Crippen LogP contribution in [-0.4, -0.2) is 12.2 Å². The van der Waals surface area contributed by atoms with Crippen molar-refractivity contribution in [2.75, 3.05) is 0 Å². The van der Waals surface area contributed by atoms with Gasteiger partial charge in [-0.15, -0.1) is 6.58 Å². The largest absolute Gasteiger partial charge is 0.391 e. The highest BCUT2D eigenvalue weighted by Gasteiger charge is 2.41. The Morgan fingerprint density at radius 1 is 1.24 bits per heavy atom. The Bertz CT molecular complexity index is 229. The third-order valence-corrected chi connectivity index (χ3v) is 3.79. The van der Waals surface area contributed by atoms with Crippen LogP contribution in [0.5, 0.6) is 0 Å². The summed E-state index contributed by atoms with van der Waals surface area (Å²) in [6.07, 6.45) is 2.42. The average molecular weight is 249 g/mol. The van der Waals surface area contributed by atoms with Gasteiger partial charge in [-0.1, -0.05) is 6.08 Å². The van der Waals surface area contributed by atoms with Crippen molar-refractivity contribution < 1.29 is 13.2 Å². The number of unbranched alkanes of at least 4 members (excludes halogenated alkanes) is 1. The van der Waals surface area contributed by atoms with Gasteiger partial charge in [0.15, 0.2) is 0 Å². The maximum absolute atomic E-state index is 12.5. The lowest BCUT2D eigenvalue weighted by Crippen LogP contribution is -2.36. The van der Waals surface area contributed by atoms with Crippen LogP contribution in [0.3, 0.4) is 0 Å². The molecule has 1 atom stereocenters. The van der Waals surface area contributed by atoms with E-state index in [4.69, 9.17) is 5.73 Å². The summed E-state index contributed by atoms with van der Waals surface area (Å²) in [4.78, 5) is 0. The molecular formula is C13H22F3N. The van der Waals surface area contributed by atoms with E-state index in [1.807, 2.05) is 6.08 Å². The fourth-order valence-electron chi connectivity index (χ4n) is 2.61. The first kappa shape index (κ1) is 14.6.